The van der Waals surface area contributed by atoms with Crippen molar-refractivity contribution in [3.8, 4) is 0 Å². The van der Waals surface area contributed by atoms with Crippen LogP contribution in [0.2, 0.25) is 0 Å². The van der Waals surface area contributed by atoms with Gasteiger partial charge in [-0.15, -0.1) is 11.3 Å². The molecule has 0 saturated heterocycles. The van der Waals surface area contributed by atoms with Gasteiger partial charge >= 0.3 is 7.12 Å². The normalized spacial score (nSPS) is 15.9. The van der Waals surface area contributed by atoms with Gasteiger partial charge in [0, 0.05) is 6.42 Å². The van der Waals surface area contributed by atoms with E-state index in [0.717, 1.165) is 35.0 Å². The molecule has 0 radical (unpaired) electrons. The maximum absolute atomic E-state index is 13.3. The number of hydrogen-bond donors (Lipinski definition) is 4. The molecular formula is C26H32BN3O4S. The number of nitrogens with one attached hydrogen (secondary N) is 2. The van der Waals surface area contributed by atoms with Crippen LogP contribution in [0.5, 0.6) is 0 Å². The maximum Gasteiger partial charge on any atom is 0.475 e. The Bertz CT molecular complexity index is 1120. The summed E-state index contributed by atoms with van der Waals surface area (Å²) < 4.78 is 0.764. The zero-order valence-corrected chi connectivity index (χ0v) is 20.5. The van der Waals surface area contributed by atoms with Crippen molar-refractivity contribution in [2.45, 2.75) is 63.3 Å². The first-order chi connectivity index (χ1) is 17.0. The molecule has 4 rings (SSSR count). The summed E-state index contributed by atoms with van der Waals surface area (Å²) in [5.74, 6) is -1.02. The molecule has 1 saturated carbocycles. The highest BCUT2D eigenvalue weighted by Crippen LogP contribution is 2.28. The zero-order valence-electron chi connectivity index (χ0n) is 19.7. The molecule has 3 aromatic rings. The quantitative estimate of drug-likeness (QED) is 0.323. The molecule has 1 aliphatic carbocycles. The van der Waals surface area contributed by atoms with Crippen molar-refractivity contribution in [2.24, 2.45) is 5.92 Å². The van der Waals surface area contributed by atoms with E-state index in [1.807, 2.05) is 36.4 Å². The van der Waals surface area contributed by atoms with Gasteiger partial charge in [-0.2, -0.15) is 0 Å². The Morgan fingerprint density at radius 1 is 1.03 bits per heavy atom. The number of thiazole rings is 1. The van der Waals surface area contributed by atoms with Crippen LogP contribution >= 0.6 is 11.3 Å². The van der Waals surface area contributed by atoms with Gasteiger partial charge in [-0.05, 0) is 36.5 Å². The monoisotopic (exact) mass is 493 g/mol. The summed E-state index contributed by atoms with van der Waals surface area (Å²) >= 11 is 1.38. The molecule has 1 aromatic heterocycles. The second-order valence-electron chi connectivity index (χ2n) is 9.33. The van der Waals surface area contributed by atoms with Crippen molar-refractivity contribution in [1.29, 1.82) is 0 Å². The number of carbonyl (C=O) groups is 2. The van der Waals surface area contributed by atoms with Crippen LogP contribution in [0.3, 0.4) is 0 Å². The third-order valence-electron chi connectivity index (χ3n) is 6.80. The second kappa shape index (κ2) is 12.3. The van der Waals surface area contributed by atoms with Crippen LogP contribution in [0.4, 0.5) is 0 Å². The fraction of sp³-hybridized carbons (Fsp3) is 0.423. The van der Waals surface area contributed by atoms with Crippen molar-refractivity contribution in [2.75, 3.05) is 0 Å². The first-order valence-electron chi connectivity index (χ1n) is 12.3. The maximum atomic E-state index is 13.3. The van der Waals surface area contributed by atoms with Gasteiger partial charge in [0.25, 0.3) is 5.91 Å². The lowest BCUT2D eigenvalue weighted by molar-refractivity contribution is -0.123. The van der Waals surface area contributed by atoms with Crippen LogP contribution in [0, 0.1) is 5.92 Å². The lowest BCUT2D eigenvalue weighted by Gasteiger charge is -2.26. The first-order valence-corrected chi connectivity index (χ1v) is 13.2. The molecule has 35 heavy (non-hydrogen) atoms. The van der Waals surface area contributed by atoms with Crippen LogP contribution < -0.4 is 10.6 Å². The summed E-state index contributed by atoms with van der Waals surface area (Å²) in [5.41, 5.74) is 3.78. The van der Waals surface area contributed by atoms with Gasteiger partial charge in [0.2, 0.25) is 5.91 Å². The minimum atomic E-state index is -1.67. The first kappa shape index (κ1) is 25.4. The molecule has 9 heteroatoms. The number of carbonyl (C=O) groups excluding carboxylic acids is 2. The topological polar surface area (TPSA) is 112 Å². The molecular weight excluding hydrogens is 461 g/mol. The smallest absolute Gasteiger partial charge is 0.426 e. The molecule has 4 N–H and O–H groups in total. The molecule has 1 heterocycles. The summed E-state index contributed by atoms with van der Waals surface area (Å²) in [7, 11) is -1.67. The number of nitrogens with zero attached hydrogens (tertiary/aromatic N) is 1. The zero-order chi connectivity index (χ0) is 24.6. The second-order valence-corrected chi connectivity index (χ2v) is 10.2. The van der Waals surface area contributed by atoms with E-state index in [-0.39, 0.29) is 12.3 Å². The van der Waals surface area contributed by atoms with Gasteiger partial charge < -0.3 is 20.7 Å². The van der Waals surface area contributed by atoms with E-state index in [0.29, 0.717) is 17.9 Å². The fourth-order valence-electron chi connectivity index (χ4n) is 4.83. The Morgan fingerprint density at radius 2 is 1.80 bits per heavy atom. The highest BCUT2D eigenvalue weighted by Gasteiger charge is 2.30. The largest absolute Gasteiger partial charge is 0.475 e. The standard InChI is InChI=1S/C26H32BN3O4S/c31-25(20-12-7-13-21-24(20)35-17-28-21)29-22(16-19-10-5-2-6-11-19)26(32)30-23(27(33)34)15-14-18-8-3-1-4-9-18/h2,5-7,10-13,17-18,22-23,33-34H,1,3-4,8-9,14-16H2,(H,29,31)(H,30,32)/t22-,23-/m0/s1. The van der Waals surface area contributed by atoms with Gasteiger partial charge in [-0.3, -0.25) is 9.59 Å². The Hall–Kier alpha value is -2.75. The van der Waals surface area contributed by atoms with E-state index in [1.54, 1.807) is 17.6 Å². The summed E-state index contributed by atoms with van der Waals surface area (Å²) in [6, 6.07) is 13.9. The highest BCUT2D eigenvalue weighted by atomic mass is 32.1. The lowest BCUT2D eigenvalue weighted by atomic mass is 9.74. The van der Waals surface area contributed by atoms with Gasteiger partial charge in [0.1, 0.15) is 6.04 Å². The lowest BCUT2D eigenvalue weighted by Crippen LogP contribution is -2.54. The molecule has 2 aromatic carbocycles. The van der Waals surface area contributed by atoms with Crippen LogP contribution in [-0.2, 0) is 11.2 Å². The van der Waals surface area contributed by atoms with Crippen LogP contribution in [0.1, 0.15) is 60.9 Å². The van der Waals surface area contributed by atoms with Gasteiger partial charge in [0.15, 0.2) is 0 Å². The number of amides is 2. The Kier molecular flexibility index (Phi) is 8.90. The molecule has 0 unspecified atom stereocenters. The molecule has 1 aliphatic rings. The summed E-state index contributed by atoms with van der Waals surface area (Å²) in [4.78, 5) is 30.8. The van der Waals surface area contributed by atoms with E-state index in [2.05, 4.69) is 15.6 Å². The fourth-order valence-corrected chi connectivity index (χ4v) is 5.63. The molecule has 184 valence electrons. The Morgan fingerprint density at radius 3 is 2.54 bits per heavy atom. The van der Waals surface area contributed by atoms with Gasteiger partial charge in [-0.1, -0.05) is 68.5 Å². The summed E-state index contributed by atoms with van der Waals surface area (Å²) in [6.45, 7) is 0. The average molecular weight is 493 g/mol. The molecule has 0 spiro atoms. The van der Waals surface area contributed by atoms with Gasteiger partial charge in [-0.25, -0.2) is 4.98 Å². The van der Waals surface area contributed by atoms with Crippen molar-refractivity contribution >= 4 is 40.5 Å². The number of fused-ring (bicyclic) bond motifs is 1. The summed E-state index contributed by atoms with van der Waals surface area (Å²) in [6.07, 6.45) is 7.59. The van der Waals surface area contributed by atoms with E-state index in [1.165, 1.54) is 30.6 Å². The predicted molar refractivity (Wildman–Crippen MR) is 139 cm³/mol. The molecule has 7 nitrogen and oxygen atoms in total. The van der Waals surface area contributed by atoms with Crippen molar-refractivity contribution in [3.63, 3.8) is 0 Å². The third-order valence-corrected chi connectivity index (χ3v) is 7.68. The highest BCUT2D eigenvalue weighted by molar-refractivity contribution is 7.17. The Balaban J connectivity index is 1.47. The Labute approximate surface area is 210 Å². The van der Waals surface area contributed by atoms with E-state index in [4.69, 9.17) is 0 Å². The van der Waals surface area contributed by atoms with Crippen molar-refractivity contribution < 1.29 is 19.6 Å². The molecule has 2 atom stereocenters. The minimum Gasteiger partial charge on any atom is -0.426 e. The SMILES string of the molecule is O=C(N[C@@H](Cc1ccccc1)C(=O)N[C@@H](CCC1CCCCC1)B(O)O)c1cccc2ncsc12. The number of rotatable bonds is 10. The average Bonchev–Trinajstić information content (AvgIpc) is 3.36. The molecule has 0 aliphatic heterocycles. The molecule has 2 amide bonds. The number of benzene rings is 2. The number of aromatic nitrogens is 1. The van der Waals surface area contributed by atoms with Crippen LogP contribution in [0.25, 0.3) is 10.2 Å². The van der Waals surface area contributed by atoms with Crippen LogP contribution in [-0.4, -0.2) is 45.9 Å². The predicted octanol–water partition coefficient (Wildman–Crippen LogP) is 3.49. The van der Waals surface area contributed by atoms with E-state index >= 15 is 0 Å². The van der Waals surface area contributed by atoms with Crippen molar-refractivity contribution in [1.82, 2.24) is 15.6 Å². The minimum absolute atomic E-state index is 0.286. The van der Waals surface area contributed by atoms with Crippen molar-refractivity contribution in [3.05, 3.63) is 65.2 Å². The van der Waals surface area contributed by atoms with E-state index in [9.17, 15) is 19.6 Å². The third kappa shape index (κ3) is 6.90. The summed E-state index contributed by atoms with van der Waals surface area (Å²) in [5, 5.41) is 25.6. The van der Waals surface area contributed by atoms with E-state index < -0.39 is 25.0 Å². The molecule has 1 fully saturated rings. The van der Waals surface area contributed by atoms with Crippen LogP contribution in [0.15, 0.2) is 54.0 Å². The van der Waals surface area contributed by atoms with Gasteiger partial charge in [0.05, 0.1) is 27.2 Å². The molecule has 0 bridgehead atoms. The number of hydrogen-bond acceptors (Lipinski definition) is 6.